The minimum atomic E-state index is 0.429. The summed E-state index contributed by atoms with van der Waals surface area (Å²) in [5.41, 5.74) is 2.45. The number of hydrogen-bond donors (Lipinski definition) is 0. The third kappa shape index (κ3) is 2.84. The first kappa shape index (κ1) is 16.0. The van der Waals surface area contributed by atoms with Crippen molar-refractivity contribution in [2.75, 3.05) is 0 Å². The maximum atomic E-state index is 6.11. The molecular formula is C21H13BrN4O. The Kier molecular flexibility index (Phi) is 3.83. The van der Waals surface area contributed by atoms with E-state index in [0.29, 0.717) is 23.2 Å². The second kappa shape index (κ2) is 6.48. The molecule has 0 amide bonds. The van der Waals surface area contributed by atoms with Crippen LogP contribution in [-0.2, 0) is 0 Å². The average Bonchev–Trinajstić information content (AvgIpc) is 3.15. The highest BCUT2D eigenvalue weighted by atomic mass is 79.9. The van der Waals surface area contributed by atoms with Gasteiger partial charge < -0.3 is 4.74 Å². The maximum Gasteiger partial charge on any atom is 0.310 e. The summed E-state index contributed by atoms with van der Waals surface area (Å²) in [6, 6.07) is 25.8. The van der Waals surface area contributed by atoms with Gasteiger partial charge in [-0.15, -0.1) is 10.2 Å². The van der Waals surface area contributed by atoms with E-state index in [1.165, 1.54) is 0 Å². The number of benzene rings is 3. The van der Waals surface area contributed by atoms with Gasteiger partial charge in [0.15, 0.2) is 11.5 Å². The minimum Gasteiger partial charge on any atom is -0.425 e. The number of halogens is 1. The number of hydrogen-bond acceptors (Lipinski definition) is 4. The predicted octanol–water partition coefficient (Wildman–Crippen LogP) is 5.50. The molecule has 0 spiro atoms. The van der Waals surface area contributed by atoms with E-state index in [1.54, 1.807) is 0 Å². The molecule has 0 N–H and O–H groups in total. The number of para-hydroxylation sites is 2. The third-order valence-electron chi connectivity index (χ3n) is 4.27. The molecule has 6 heteroatoms. The van der Waals surface area contributed by atoms with Gasteiger partial charge >= 0.3 is 6.01 Å². The molecule has 5 nitrogen and oxygen atoms in total. The van der Waals surface area contributed by atoms with Gasteiger partial charge in [0.1, 0.15) is 5.75 Å². The molecule has 0 aliphatic rings. The molecule has 0 unspecified atom stereocenters. The SMILES string of the molecule is Brc1ccc(-c2nnc3c4ccccc4nc(Oc4ccccc4)n23)cc1. The van der Waals surface area contributed by atoms with Gasteiger partial charge in [0.25, 0.3) is 0 Å². The van der Waals surface area contributed by atoms with Crippen molar-refractivity contribution in [3.63, 3.8) is 0 Å². The van der Waals surface area contributed by atoms with Crippen LogP contribution in [-0.4, -0.2) is 19.6 Å². The van der Waals surface area contributed by atoms with Gasteiger partial charge in [-0.1, -0.05) is 58.4 Å². The lowest BCUT2D eigenvalue weighted by atomic mass is 10.2. The zero-order chi connectivity index (χ0) is 18.2. The lowest BCUT2D eigenvalue weighted by Crippen LogP contribution is -2.00. The summed E-state index contributed by atoms with van der Waals surface area (Å²) in [5.74, 6) is 1.39. The van der Waals surface area contributed by atoms with Gasteiger partial charge in [-0.25, -0.2) is 4.40 Å². The molecule has 130 valence electrons. The Labute approximate surface area is 163 Å². The van der Waals surface area contributed by atoms with Crippen molar-refractivity contribution < 1.29 is 4.74 Å². The van der Waals surface area contributed by atoms with Crippen molar-refractivity contribution in [2.45, 2.75) is 0 Å². The van der Waals surface area contributed by atoms with Gasteiger partial charge in [0, 0.05) is 15.4 Å². The van der Waals surface area contributed by atoms with Crippen LogP contribution in [0.5, 0.6) is 11.8 Å². The van der Waals surface area contributed by atoms with Crippen molar-refractivity contribution in [1.82, 2.24) is 19.6 Å². The van der Waals surface area contributed by atoms with Gasteiger partial charge in [0.2, 0.25) is 0 Å². The summed E-state index contributed by atoms with van der Waals surface area (Å²) >= 11 is 3.47. The fourth-order valence-corrected chi connectivity index (χ4v) is 3.27. The molecule has 0 radical (unpaired) electrons. The Bertz CT molecular complexity index is 1250. The van der Waals surface area contributed by atoms with E-state index in [4.69, 9.17) is 9.72 Å². The zero-order valence-electron chi connectivity index (χ0n) is 14.1. The normalized spacial score (nSPS) is 11.1. The van der Waals surface area contributed by atoms with Crippen LogP contribution in [0, 0.1) is 0 Å². The zero-order valence-corrected chi connectivity index (χ0v) is 15.7. The molecule has 0 atom stereocenters. The summed E-state index contributed by atoms with van der Waals surface area (Å²) in [5, 5.41) is 9.78. The van der Waals surface area contributed by atoms with E-state index >= 15 is 0 Å². The molecule has 0 saturated heterocycles. The fraction of sp³-hybridized carbons (Fsp3) is 0. The van der Waals surface area contributed by atoms with Crippen molar-refractivity contribution in [2.24, 2.45) is 0 Å². The van der Waals surface area contributed by atoms with Gasteiger partial charge in [-0.05, 0) is 36.4 Å². The van der Waals surface area contributed by atoms with Crippen molar-refractivity contribution >= 4 is 32.5 Å². The molecule has 3 aromatic carbocycles. The summed E-state index contributed by atoms with van der Waals surface area (Å²) < 4.78 is 8.97. The Balaban J connectivity index is 1.79. The topological polar surface area (TPSA) is 52.3 Å². The Morgan fingerprint density at radius 1 is 0.778 bits per heavy atom. The lowest BCUT2D eigenvalue weighted by molar-refractivity contribution is 0.438. The fourth-order valence-electron chi connectivity index (χ4n) is 3.00. The summed E-state index contributed by atoms with van der Waals surface area (Å²) in [4.78, 5) is 4.73. The molecule has 0 fully saturated rings. The lowest BCUT2D eigenvalue weighted by Gasteiger charge is -2.10. The average molecular weight is 417 g/mol. The first-order valence-electron chi connectivity index (χ1n) is 8.42. The van der Waals surface area contributed by atoms with E-state index in [-0.39, 0.29) is 0 Å². The molecular weight excluding hydrogens is 404 g/mol. The highest BCUT2D eigenvalue weighted by Crippen LogP contribution is 2.30. The van der Waals surface area contributed by atoms with Crippen molar-refractivity contribution in [1.29, 1.82) is 0 Å². The van der Waals surface area contributed by atoms with Crippen LogP contribution in [0.1, 0.15) is 0 Å². The molecule has 5 rings (SSSR count). The molecule has 0 aliphatic carbocycles. The molecule has 2 aromatic heterocycles. The third-order valence-corrected chi connectivity index (χ3v) is 4.80. The van der Waals surface area contributed by atoms with Crippen LogP contribution in [0.15, 0.2) is 83.3 Å². The largest absolute Gasteiger partial charge is 0.425 e. The maximum absolute atomic E-state index is 6.11. The van der Waals surface area contributed by atoms with Crippen LogP contribution in [0.3, 0.4) is 0 Å². The van der Waals surface area contributed by atoms with E-state index in [0.717, 1.165) is 20.9 Å². The monoisotopic (exact) mass is 416 g/mol. The van der Waals surface area contributed by atoms with Crippen LogP contribution in [0.25, 0.3) is 27.9 Å². The van der Waals surface area contributed by atoms with E-state index < -0.39 is 0 Å². The van der Waals surface area contributed by atoms with Crippen LogP contribution >= 0.6 is 15.9 Å². The summed E-state index contributed by atoms with van der Waals surface area (Å²) in [6.45, 7) is 0. The highest BCUT2D eigenvalue weighted by Gasteiger charge is 2.17. The highest BCUT2D eigenvalue weighted by molar-refractivity contribution is 9.10. The van der Waals surface area contributed by atoms with E-state index in [2.05, 4.69) is 26.1 Å². The van der Waals surface area contributed by atoms with Crippen LogP contribution in [0.4, 0.5) is 0 Å². The second-order valence-electron chi connectivity index (χ2n) is 6.02. The van der Waals surface area contributed by atoms with Crippen molar-refractivity contribution in [3.05, 3.63) is 83.3 Å². The summed E-state index contributed by atoms with van der Waals surface area (Å²) in [6.07, 6.45) is 0. The Hall–Kier alpha value is -3.25. The second-order valence-corrected chi connectivity index (χ2v) is 6.93. The minimum absolute atomic E-state index is 0.429. The smallest absolute Gasteiger partial charge is 0.310 e. The van der Waals surface area contributed by atoms with Gasteiger partial charge in [0.05, 0.1) is 5.52 Å². The number of aromatic nitrogens is 4. The number of ether oxygens (including phenoxy) is 1. The molecule has 0 saturated carbocycles. The Morgan fingerprint density at radius 2 is 1.52 bits per heavy atom. The van der Waals surface area contributed by atoms with Crippen LogP contribution in [0.2, 0.25) is 0 Å². The molecule has 27 heavy (non-hydrogen) atoms. The number of fused-ring (bicyclic) bond motifs is 3. The standard InChI is InChI=1S/C21H13BrN4O/c22-15-12-10-14(11-13-15)19-24-25-20-17-8-4-5-9-18(17)23-21(26(19)20)27-16-6-2-1-3-7-16/h1-13H. The summed E-state index contributed by atoms with van der Waals surface area (Å²) in [7, 11) is 0. The molecule has 5 aromatic rings. The van der Waals surface area contributed by atoms with Crippen molar-refractivity contribution in [3.8, 4) is 23.1 Å². The predicted molar refractivity (Wildman–Crippen MR) is 108 cm³/mol. The first-order chi connectivity index (χ1) is 13.3. The molecule has 0 bridgehead atoms. The quantitative estimate of drug-likeness (QED) is 0.389. The van der Waals surface area contributed by atoms with Gasteiger partial charge in [-0.2, -0.15) is 4.98 Å². The van der Waals surface area contributed by atoms with Crippen LogP contribution < -0.4 is 4.74 Å². The van der Waals surface area contributed by atoms with Gasteiger partial charge in [-0.3, -0.25) is 0 Å². The number of nitrogens with zero attached hydrogens (tertiary/aromatic N) is 4. The number of rotatable bonds is 3. The molecule has 2 heterocycles. The molecule has 0 aliphatic heterocycles. The first-order valence-corrected chi connectivity index (χ1v) is 9.21. The Morgan fingerprint density at radius 3 is 2.33 bits per heavy atom. The van der Waals surface area contributed by atoms with E-state index in [1.807, 2.05) is 83.3 Å². The van der Waals surface area contributed by atoms with E-state index in [9.17, 15) is 0 Å².